The summed E-state index contributed by atoms with van der Waals surface area (Å²) in [4.78, 5) is 0. The fourth-order valence-electron chi connectivity index (χ4n) is 1.99. The quantitative estimate of drug-likeness (QED) is 0.425. The lowest BCUT2D eigenvalue weighted by Gasteiger charge is -2.09. The second-order valence-corrected chi connectivity index (χ2v) is 5.23. The predicted octanol–water partition coefficient (Wildman–Crippen LogP) is 6.06. The molecule has 0 rings (SSSR count). The topological polar surface area (TPSA) is 0 Å². The van der Waals surface area contributed by atoms with E-state index in [4.69, 9.17) is 0 Å². The van der Waals surface area contributed by atoms with Crippen molar-refractivity contribution in [2.24, 2.45) is 5.92 Å². The van der Waals surface area contributed by atoms with Crippen molar-refractivity contribution >= 4 is 0 Å². The van der Waals surface area contributed by atoms with Crippen LogP contribution in [-0.4, -0.2) is 0 Å². The highest BCUT2D eigenvalue weighted by Gasteiger charge is 2.00. The van der Waals surface area contributed by atoms with Crippen molar-refractivity contribution < 1.29 is 0 Å². The van der Waals surface area contributed by atoms with Gasteiger partial charge in [-0.15, -0.1) is 6.58 Å². The molecule has 0 amide bonds. The summed E-state index contributed by atoms with van der Waals surface area (Å²) in [5.74, 6) is 0.710. The molecule has 0 nitrogen and oxygen atoms in total. The fraction of sp³-hybridized carbons (Fsp3) is 0.647. The minimum Gasteiger partial charge on any atom is -0.103 e. The predicted molar refractivity (Wildman–Crippen MR) is 80.3 cm³/mol. The normalized spacial score (nSPS) is 13.3. The first-order chi connectivity index (χ1) is 8.10. The Hall–Kier alpha value is -0.780. The molecule has 0 heterocycles. The van der Waals surface area contributed by atoms with Crippen LogP contribution >= 0.6 is 0 Å². The smallest absolute Gasteiger partial charge is 0.0233 e. The molecule has 17 heavy (non-hydrogen) atoms. The molecule has 0 aromatic carbocycles. The van der Waals surface area contributed by atoms with E-state index in [0.717, 1.165) is 0 Å². The molecule has 0 aromatic rings. The summed E-state index contributed by atoms with van der Waals surface area (Å²) in [6.07, 6.45) is 14.3. The van der Waals surface area contributed by atoms with Gasteiger partial charge >= 0.3 is 0 Å². The van der Waals surface area contributed by atoms with Crippen molar-refractivity contribution in [1.29, 1.82) is 0 Å². The van der Waals surface area contributed by atoms with Gasteiger partial charge in [-0.3, -0.25) is 0 Å². The average molecular weight is 234 g/mol. The number of hydrogen-bond acceptors (Lipinski definition) is 0. The molecule has 0 N–H and O–H groups in total. The van der Waals surface area contributed by atoms with E-state index in [0.29, 0.717) is 5.92 Å². The maximum absolute atomic E-state index is 3.92. The van der Waals surface area contributed by atoms with Gasteiger partial charge in [0.25, 0.3) is 0 Å². The van der Waals surface area contributed by atoms with Crippen LogP contribution in [0.25, 0.3) is 0 Å². The van der Waals surface area contributed by atoms with Gasteiger partial charge in [0.2, 0.25) is 0 Å². The largest absolute Gasteiger partial charge is 0.103 e. The third-order valence-electron chi connectivity index (χ3n) is 3.11. The maximum atomic E-state index is 3.92. The first-order valence-corrected chi connectivity index (χ1v) is 7.01. The minimum atomic E-state index is 0.710. The van der Waals surface area contributed by atoms with E-state index in [2.05, 4.69) is 52.5 Å². The Morgan fingerprint density at radius 2 is 1.76 bits per heavy atom. The molecule has 0 heteroatoms. The third kappa shape index (κ3) is 10.1. The molecule has 0 aliphatic carbocycles. The molecule has 0 fully saturated rings. The van der Waals surface area contributed by atoms with Crippen LogP contribution < -0.4 is 0 Å². The lowest BCUT2D eigenvalue weighted by atomic mass is 9.97. The van der Waals surface area contributed by atoms with Crippen LogP contribution in [0.5, 0.6) is 0 Å². The van der Waals surface area contributed by atoms with Gasteiger partial charge in [0, 0.05) is 0 Å². The van der Waals surface area contributed by atoms with Crippen molar-refractivity contribution in [3.8, 4) is 0 Å². The van der Waals surface area contributed by atoms with Gasteiger partial charge in [0.05, 0.1) is 0 Å². The average Bonchev–Trinajstić information content (AvgIpc) is 2.27. The SMILES string of the molecule is C=CC(CCC)CC/C=C(\C)CCC=C(C)C. The molecule has 0 aliphatic rings. The Labute approximate surface area is 109 Å². The zero-order valence-electron chi connectivity index (χ0n) is 12.3. The molecule has 0 aliphatic heterocycles. The number of allylic oxidation sites excluding steroid dienone is 5. The summed E-state index contributed by atoms with van der Waals surface area (Å²) in [5, 5.41) is 0. The van der Waals surface area contributed by atoms with Crippen LogP contribution in [0.1, 0.15) is 66.2 Å². The van der Waals surface area contributed by atoms with Gasteiger partial charge in [0.1, 0.15) is 0 Å². The molecule has 0 saturated carbocycles. The lowest BCUT2D eigenvalue weighted by Crippen LogP contribution is -1.94. The maximum Gasteiger partial charge on any atom is -0.0233 e. The van der Waals surface area contributed by atoms with Crippen LogP contribution in [0.3, 0.4) is 0 Å². The minimum absolute atomic E-state index is 0.710. The molecule has 0 spiro atoms. The van der Waals surface area contributed by atoms with Crippen LogP contribution in [0, 0.1) is 5.92 Å². The van der Waals surface area contributed by atoms with Gasteiger partial charge < -0.3 is 0 Å². The second kappa shape index (κ2) is 10.4. The van der Waals surface area contributed by atoms with Crippen molar-refractivity contribution in [2.45, 2.75) is 66.2 Å². The van der Waals surface area contributed by atoms with Gasteiger partial charge in [-0.1, -0.05) is 42.7 Å². The van der Waals surface area contributed by atoms with E-state index >= 15 is 0 Å². The highest BCUT2D eigenvalue weighted by atomic mass is 14.1. The monoisotopic (exact) mass is 234 g/mol. The van der Waals surface area contributed by atoms with E-state index in [-0.39, 0.29) is 0 Å². The fourth-order valence-corrected chi connectivity index (χ4v) is 1.99. The van der Waals surface area contributed by atoms with Crippen LogP contribution in [0.4, 0.5) is 0 Å². The zero-order valence-corrected chi connectivity index (χ0v) is 12.3. The Bertz CT molecular complexity index is 251. The van der Waals surface area contributed by atoms with E-state index < -0.39 is 0 Å². The Morgan fingerprint density at radius 3 is 2.29 bits per heavy atom. The Morgan fingerprint density at radius 1 is 1.06 bits per heavy atom. The third-order valence-corrected chi connectivity index (χ3v) is 3.11. The molecule has 0 radical (unpaired) electrons. The van der Waals surface area contributed by atoms with Gasteiger partial charge in [0.15, 0.2) is 0 Å². The summed E-state index contributed by atoms with van der Waals surface area (Å²) in [6.45, 7) is 12.7. The first kappa shape index (κ1) is 16.2. The summed E-state index contributed by atoms with van der Waals surface area (Å²) in [5.41, 5.74) is 2.95. The Balaban J connectivity index is 3.82. The molecule has 0 aromatic heterocycles. The van der Waals surface area contributed by atoms with Gasteiger partial charge in [-0.2, -0.15) is 0 Å². The summed E-state index contributed by atoms with van der Waals surface area (Å²) >= 11 is 0. The number of rotatable bonds is 9. The van der Waals surface area contributed by atoms with Crippen LogP contribution in [-0.2, 0) is 0 Å². The van der Waals surface area contributed by atoms with Crippen molar-refractivity contribution in [1.82, 2.24) is 0 Å². The summed E-state index contributed by atoms with van der Waals surface area (Å²) in [7, 11) is 0. The molecule has 0 saturated heterocycles. The molecule has 98 valence electrons. The molecule has 0 bridgehead atoms. The molecular weight excluding hydrogens is 204 g/mol. The van der Waals surface area contributed by atoms with E-state index in [1.807, 2.05) is 0 Å². The first-order valence-electron chi connectivity index (χ1n) is 7.01. The zero-order chi connectivity index (χ0) is 13.1. The summed E-state index contributed by atoms with van der Waals surface area (Å²) < 4.78 is 0. The molecule has 1 atom stereocenters. The van der Waals surface area contributed by atoms with Gasteiger partial charge in [-0.05, 0) is 58.8 Å². The van der Waals surface area contributed by atoms with Crippen LogP contribution in [0.2, 0.25) is 0 Å². The van der Waals surface area contributed by atoms with Crippen molar-refractivity contribution in [3.63, 3.8) is 0 Å². The van der Waals surface area contributed by atoms with Crippen molar-refractivity contribution in [2.75, 3.05) is 0 Å². The van der Waals surface area contributed by atoms with Crippen LogP contribution in [0.15, 0.2) is 36.0 Å². The highest BCUT2D eigenvalue weighted by molar-refractivity contribution is 5.02. The molecule has 1 unspecified atom stereocenters. The standard InChI is InChI=1S/C17H30/c1-6-10-17(7-2)14-9-13-16(5)12-8-11-15(3)4/h7,11,13,17H,2,6,8-10,12,14H2,1,3-5H3/b16-13+. The van der Waals surface area contributed by atoms with E-state index in [9.17, 15) is 0 Å². The van der Waals surface area contributed by atoms with Crippen molar-refractivity contribution in [3.05, 3.63) is 36.0 Å². The second-order valence-electron chi connectivity index (χ2n) is 5.23. The Kier molecular flexibility index (Phi) is 9.90. The highest BCUT2D eigenvalue weighted by Crippen LogP contribution is 2.16. The van der Waals surface area contributed by atoms with E-state index in [1.165, 1.54) is 49.7 Å². The molecular formula is C17H30. The van der Waals surface area contributed by atoms with E-state index in [1.54, 1.807) is 0 Å². The lowest BCUT2D eigenvalue weighted by molar-refractivity contribution is 0.542. The van der Waals surface area contributed by atoms with Gasteiger partial charge in [-0.25, -0.2) is 0 Å². The number of hydrogen-bond donors (Lipinski definition) is 0. The summed E-state index contributed by atoms with van der Waals surface area (Å²) in [6, 6.07) is 0.